The molecule has 6 heteroatoms. The van der Waals surface area contributed by atoms with Gasteiger partial charge in [-0.3, -0.25) is 9.48 Å². The van der Waals surface area contributed by atoms with Gasteiger partial charge in [-0.1, -0.05) is 12.1 Å². The van der Waals surface area contributed by atoms with Crippen molar-refractivity contribution in [3.05, 3.63) is 53.1 Å². The number of rotatable bonds is 4. The zero-order valence-corrected chi connectivity index (χ0v) is 13.5. The Balaban J connectivity index is 1.46. The summed E-state index contributed by atoms with van der Waals surface area (Å²) in [5.74, 6) is 0.0407. The smallest absolute Gasteiger partial charge is 0.255 e. The molecule has 2 heterocycles. The van der Waals surface area contributed by atoms with Gasteiger partial charge in [-0.15, -0.1) is 0 Å². The Labute approximate surface area is 139 Å². The van der Waals surface area contributed by atoms with Crippen LogP contribution in [0.25, 0.3) is 0 Å². The molecular formula is C18H20FN3O2. The average Bonchev–Trinajstić information content (AvgIpc) is 2.97. The summed E-state index contributed by atoms with van der Waals surface area (Å²) < 4.78 is 20.4. The average molecular weight is 329 g/mol. The molecule has 3 atom stereocenters. The Morgan fingerprint density at radius 1 is 1.46 bits per heavy atom. The molecule has 5 nitrogen and oxygen atoms in total. The summed E-state index contributed by atoms with van der Waals surface area (Å²) in [4.78, 5) is 12.7. The number of carbonyl (C=O) groups is 1. The number of aromatic nitrogens is 2. The number of ether oxygens (including phenoxy) is 1. The molecule has 1 N–H and O–H groups in total. The molecule has 0 spiro atoms. The van der Waals surface area contributed by atoms with Gasteiger partial charge in [0.1, 0.15) is 5.82 Å². The van der Waals surface area contributed by atoms with E-state index >= 15 is 0 Å². The van der Waals surface area contributed by atoms with Crippen molar-refractivity contribution < 1.29 is 13.9 Å². The molecular weight excluding hydrogens is 309 g/mol. The second kappa shape index (κ2) is 6.02. The molecule has 2 fully saturated rings. The SMILES string of the molecule is Cn1cc(C(=O)N[C@@H]2C[C@@H]2c2cccc(F)c2)c([C@H]2CCOC2)n1. The highest BCUT2D eigenvalue weighted by molar-refractivity contribution is 5.95. The van der Waals surface area contributed by atoms with Crippen molar-refractivity contribution in [1.29, 1.82) is 0 Å². The molecule has 1 saturated carbocycles. The third-order valence-electron chi connectivity index (χ3n) is 4.80. The van der Waals surface area contributed by atoms with Crippen molar-refractivity contribution in [1.82, 2.24) is 15.1 Å². The predicted octanol–water partition coefficient (Wildman–Crippen LogP) is 2.35. The molecule has 2 aliphatic rings. The third-order valence-corrected chi connectivity index (χ3v) is 4.80. The van der Waals surface area contributed by atoms with E-state index in [2.05, 4.69) is 10.4 Å². The normalized spacial score (nSPS) is 25.7. The van der Waals surface area contributed by atoms with E-state index < -0.39 is 0 Å². The van der Waals surface area contributed by atoms with Gasteiger partial charge in [0.25, 0.3) is 5.91 Å². The Kier molecular flexibility index (Phi) is 3.84. The lowest BCUT2D eigenvalue weighted by molar-refractivity contribution is 0.0948. The third kappa shape index (κ3) is 2.94. The van der Waals surface area contributed by atoms with E-state index in [0.717, 1.165) is 24.1 Å². The first-order valence-electron chi connectivity index (χ1n) is 8.29. The van der Waals surface area contributed by atoms with Gasteiger partial charge < -0.3 is 10.1 Å². The van der Waals surface area contributed by atoms with Crippen molar-refractivity contribution in [3.8, 4) is 0 Å². The molecule has 0 unspecified atom stereocenters. The fourth-order valence-corrected chi connectivity index (χ4v) is 3.44. The van der Waals surface area contributed by atoms with Gasteiger partial charge in [0.05, 0.1) is 17.9 Å². The van der Waals surface area contributed by atoms with Gasteiger partial charge in [-0.2, -0.15) is 5.10 Å². The summed E-state index contributed by atoms with van der Waals surface area (Å²) in [6.45, 7) is 1.33. The van der Waals surface area contributed by atoms with Crippen molar-refractivity contribution in [2.75, 3.05) is 13.2 Å². The van der Waals surface area contributed by atoms with Crippen LogP contribution < -0.4 is 5.32 Å². The highest BCUT2D eigenvalue weighted by Gasteiger charge is 2.40. The summed E-state index contributed by atoms with van der Waals surface area (Å²) in [6.07, 6.45) is 3.51. The van der Waals surface area contributed by atoms with Gasteiger partial charge in [0.2, 0.25) is 0 Å². The lowest BCUT2D eigenvalue weighted by atomic mass is 10.0. The number of hydrogen-bond acceptors (Lipinski definition) is 3. The van der Waals surface area contributed by atoms with Crippen LogP contribution in [-0.4, -0.2) is 34.9 Å². The summed E-state index contributed by atoms with van der Waals surface area (Å²) in [5, 5.41) is 7.52. The lowest BCUT2D eigenvalue weighted by Gasteiger charge is -2.08. The molecule has 1 aromatic carbocycles. The maximum Gasteiger partial charge on any atom is 0.255 e. The van der Waals surface area contributed by atoms with E-state index in [1.165, 1.54) is 6.07 Å². The Morgan fingerprint density at radius 3 is 3.08 bits per heavy atom. The highest BCUT2D eigenvalue weighted by atomic mass is 19.1. The van der Waals surface area contributed by atoms with Gasteiger partial charge >= 0.3 is 0 Å². The Hall–Kier alpha value is -2.21. The van der Waals surface area contributed by atoms with Crippen molar-refractivity contribution >= 4 is 5.91 Å². The highest BCUT2D eigenvalue weighted by Crippen LogP contribution is 2.41. The number of carbonyl (C=O) groups excluding carboxylic acids is 1. The number of hydrogen-bond donors (Lipinski definition) is 1. The number of nitrogens with one attached hydrogen (secondary N) is 1. The quantitative estimate of drug-likeness (QED) is 0.937. The first kappa shape index (κ1) is 15.3. The number of amides is 1. The number of benzene rings is 1. The zero-order chi connectivity index (χ0) is 16.7. The minimum atomic E-state index is -0.236. The van der Waals surface area contributed by atoms with Crippen LogP contribution in [0.3, 0.4) is 0 Å². The van der Waals surface area contributed by atoms with E-state index in [-0.39, 0.29) is 29.6 Å². The molecule has 0 bridgehead atoms. The predicted molar refractivity (Wildman–Crippen MR) is 86.4 cm³/mol. The first-order valence-corrected chi connectivity index (χ1v) is 8.29. The molecule has 1 aromatic heterocycles. The Bertz CT molecular complexity index is 767. The van der Waals surface area contributed by atoms with Gasteiger partial charge in [-0.05, 0) is 30.5 Å². The molecule has 1 aliphatic heterocycles. The van der Waals surface area contributed by atoms with Crippen LogP contribution in [0.4, 0.5) is 4.39 Å². The molecule has 1 amide bonds. The fourth-order valence-electron chi connectivity index (χ4n) is 3.44. The van der Waals surface area contributed by atoms with E-state index in [1.807, 2.05) is 13.1 Å². The van der Waals surface area contributed by atoms with Crippen LogP contribution >= 0.6 is 0 Å². The van der Waals surface area contributed by atoms with Crippen molar-refractivity contribution in [2.24, 2.45) is 7.05 Å². The zero-order valence-electron chi connectivity index (χ0n) is 13.5. The topological polar surface area (TPSA) is 56.2 Å². The standard InChI is InChI=1S/C18H20FN3O2/c1-22-9-15(17(21-22)12-5-6-24-10-12)18(23)20-16-8-14(16)11-3-2-4-13(19)7-11/h2-4,7,9,12,14,16H,5-6,8,10H2,1H3,(H,20,23)/t12-,14+,16+/m0/s1. The van der Waals surface area contributed by atoms with E-state index in [9.17, 15) is 9.18 Å². The summed E-state index contributed by atoms with van der Waals surface area (Å²) in [5.41, 5.74) is 2.38. The lowest BCUT2D eigenvalue weighted by Crippen LogP contribution is -2.27. The van der Waals surface area contributed by atoms with E-state index in [4.69, 9.17) is 4.74 Å². The molecule has 4 rings (SSSR count). The Morgan fingerprint density at radius 2 is 2.33 bits per heavy atom. The second-order valence-corrected chi connectivity index (χ2v) is 6.64. The molecule has 1 aliphatic carbocycles. The van der Waals surface area contributed by atoms with E-state index in [1.54, 1.807) is 23.0 Å². The van der Waals surface area contributed by atoms with E-state index in [0.29, 0.717) is 18.8 Å². The summed E-state index contributed by atoms with van der Waals surface area (Å²) in [6, 6.07) is 6.66. The van der Waals surface area contributed by atoms with Crippen molar-refractivity contribution in [2.45, 2.75) is 30.7 Å². The first-order chi connectivity index (χ1) is 11.6. The fraction of sp³-hybridized carbons (Fsp3) is 0.444. The van der Waals surface area contributed by atoms with Crippen LogP contribution in [0.1, 0.15) is 46.3 Å². The van der Waals surface area contributed by atoms with Gasteiger partial charge in [-0.25, -0.2) is 4.39 Å². The second-order valence-electron chi connectivity index (χ2n) is 6.64. The van der Waals surface area contributed by atoms with Crippen LogP contribution in [0, 0.1) is 5.82 Å². The molecule has 126 valence electrons. The number of halogens is 1. The molecule has 24 heavy (non-hydrogen) atoms. The van der Waals surface area contributed by atoms with Gasteiger partial charge in [0, 0.05) is 37.7 Å². The summed E-state index contributed by atoms with van der Waals surface area (Å²) >= 11 is 0. The van der Waals surface area contributed by atoms with Crippen molar-refractivity contribution in [3.63, 3.8) is 0 Å². The molecule has 1 saturated heterocycles. The minimum Gasteiger partial charge on any atom is -0.381 e. The maximum atomic E-state index is 13.3. The maximum absolute atomic E-state index is 13.3. The monoisotopic (exact) mass is 329 g/mol. The van der Waals surface area contributed by atoms with Crippen LogP contribution in [0.5, 0.6) is 0 Å². The summed E-state index contributed by atoms with van der Waals surface area (Å²) in [7, 11) is 1.82. The largest absolute Gasteiger partial charge is 0.381 e. The number of nitrogens with zero attached hydrogens (tertiary/aromatic N) is 2. The number of aryl methyl sites for hydroxylation is 1. The van der Waals surface area contributed by atoms with Crippen LogP contribution in [0.2, 0.25) is 0 Å². The van der Waals surface area contributed by atoms with Crippen LogP contribution in [-0.2, 0) is 11.8 Å². The molecule has 2 aromatic rings. The van der Waals surface area contributed by atoms with Crippen LogP contribution in [0.15, 0.2) is 30.5 Å². The molecule has 0 radical (unpaired) electrons. The minimum absolute atomic E-state index is 0.0622. The van der Waals surface area contributed by atoms with Gasteiger partial charge in [0.15, 0.2) is 0 Å².